The maximum Gasteiger partial charge on any atom is 0.306 e. The molecule has 0 saturated heterocycles. The van der Waals surface area contributed by atoms with Gasteiger partial charge in [0.2, 0.25) is 0 Å². The van der Waals surface area contributed by atoms with Gasteiger partial charge < -0.3 is 9.94 Å². The molecule has 0 aromatic rings. The molecule has 1 atom stereocenters. The first-order valence-corrected chi connectivity index (χ1v) is 6.11. The Morgan fingerprint density at radius 3 is 3.12 bits per heavy atom. The van der Waals surface area contributed by atoms with E-state index in [0.29, 0.717) is 18.9 Å². The Morgan fingerprint density at radius 1 is 1.62 bits per heavy atom. The molecule has 1 rings (SSSR count). The van der Waals surface area contributed by atoms with Gasteiger partial charge in [-0.25, -0.2) is 0 Å². The van der Waals surface area contributed by atoms with E-state index in [9.17, 15) is 4.79 Å². The van der Waals surface area contributed by atoms with E-state index in [1.165, 1.54) is 0 Å². The van der Waals surface area contributed by atoms with Crippen LogP contribution in [0.15, 0.2) is 5.16 Å². The Bertz CT molecular complexity index is 251. The summed E-state index contributed by atoms with van der Waals surface area (Å²) in [6.07, 6.45) is 6.06. The summed E-state index contributed by atoms with van der Waals surface area (Å²) in [5, 5.41) is 11.9. The quantitative estimate of drug-likeness (QED) is 0.340. The summed E-state index contributed by atoms with van der Waals surface area (Å²) in [4.78, 5) is 11.5. The lowest BCUT2D eigenvalue weighted by molar-refractivity contribution is -0.144. The smallest absolute Gasteiger partial charge is 0.306 e. The first kappa shape index (κ1) is 13.0. The minimum Gasteiger partial charge on any atom is -0.466 e. The van der Waals surface area contributed by atoms with Crippen molar-refractivity contribution in [2.75, 3.05) is 6.61 Å². The minimum atomic E-state index is -0.113. The van der Waals surface area contributed by atoms with E-state index in [1.807, 2.05) is 0 Å². The van der Waals surface area contributed by atoms with Gasteiger partial charge in [0, 0.05) is 6.42 Å². The number of nitrogens with zero attached hydrogens (tertiary/aromatic N) is 1. The summed E-state index contributed by atoms with van der Waals surface area (Å²) in [5.41, 5.74) is 0.817. The molecule has 4 nitrogen and oxygen atoms in total. The van der Waals surface area contributed by atoms with Crippen molar-refractivity contribution in [2.24, 2.45) is 11.1 Å². The van der Waals surface area contributed by atoms with Gasteiger partial charge in [-0.1, -0.05) is 18.5 Å². The molecule has 0 radical (unpaired) electrons. The molecule has 1 aliphatic carbocycles. The molecule has 0 aromatic carbocycles. The van der Waals surface area contributed by atoms with Gasteiger partial charge >= 0.3 is 5.97 Å². The summed E-state index contributed by atoms with van der Waals surface area (Å²) in [6.45, 7) is 2.60. The van der Waals surface area contributed by atoms with Crippen LogP contribution in [0.3, 0.4) is 0 Å². The number of unbranched alkanes of at least 4 members (excludes halogenated alkanes) is 1. The van der Waals surface area contributed by atoms with Gasteiger partial charge in [-0.05, 0) is 38.0 Å². The molecule has 1 aliphatic rings. The fourth-order valence-corrected chi connectivity index (χ4v) is 2.02. The second-order valence-corrected chi connectivity index (χ2v) is 4.41. The van der Waals surface area contributed by atoms with Gasteiger partial charge in [-0.2, -0.15) is 0 Å². The van der Waals surface area contributed by atoms with Crippen molar-refractivity contribution in [1.29, 1.82) is 0 Å². The molecule has 1 N–H and O–H groups in total. The Morgan fingerprint density at radius 2 is 2.44 bits per heavy atom. The monoisotopic (exact) mass is 227 g/mol. The zero-order chi connectivity index (χ0) is 11.8. The van der Waals surface area contributed by atoms with Crippen LogP contribution in [0.4, 0.5) is 0 Å². The third-order valence-electron chi connectivity index (χ3n) is 2.96. The molecule has 0 amide bonds. The molecule has 0 aromatic heterocycles. The summed E-state index contributed by atoms with van der Waals surface area (Å²) in [5.74, 6) is 0.186. The molecule has 4 heteroatoms. The molecule has 16 heavy (non-hydrogen) atoms. The lowest BCUT2D eigenvalue weighted by Gasteiger charge is -2.21. The van der Waals surface area contributed by atoms with Gasteiger partial charge in [0.25, 0.3) is 0 Å². The maximum absolute atomic E-state index is 11.5. The Balaban J connectivity index is 2.22. The second-order valence-electron chi connectivity index (χ2n) is 4.41. The zero-order valence-corrected chi connectivity index (χ0v) is 9.95. The highest BCUT2D eigenvalue weighted by Gasteiger charge is 2.21. The number of ether oxygens (including phenoxy) is 1. The lowest BCUT2D eigenvalue weighted by atomic mass is 9.86. The van der Waals surface area contributed by atoms with Gasteiger partial charge in [0.1, 0.15) is 0 Å². The van der Waals surface area contributed by atoms with E-state index in [2.05, 4.69) is 12.1 Å². The predicted octanol–water partition coefficient (Wildman–Crippen LogP) is 2.74. The molecule has 0 aliphatic heterocycles. The fourth-order valence-electron chi connectivity index (χ4n) is 2.02. The fraction of sp³-hybridized carbons (Fsp3) is 0.833. The highest BCUT2D eigenvalue weighted by molar-refractivity contribution is 5.85. The van der Waals surface area contributed by atoms with Crippen LogP contribution in [-0.4, -0.2) is 23.5 Å². The number of carbonyl (C=O) groups excluding carboxylic acids is 1. The average molecular weight is 227 g/mol. The molecule has 0 heterocycles. The van der Waals surface area contributed by atoms with Crippen molar-refractivity contribution in [2.45, 2.75) is 51.9 Å². The van der Waals surface area contributed by atoms with E-state index < -0.39 is 0 Å². The second kappa shape index (κ2) is 7.25. The van der Waals surface area contributed by atoms with E-state index in [1.54, 1.807) is 0 Å². The van der Waals surface area contributed by atoms with Crippen molar-refractivity contribution >= 4 is 11.7 Å². The van der Waals surface area contributed by atoms with E-state index >= 15 is 0 Å². The van der Waals surface area contributed by atoms with Crippen molar-refractivity contribution in [3.63, 3.8) is 0 Å². The largest absolute Gasteiger partial charge is 0.466 e. The third kappa shape index (κ3) is 4.64. The van der Waals surface area contributed by atoms with Crippen LogP contribution >= 0.6 is 0 Å². The van der Waals surface area contributed by atoms with E-state index in [4.69, 9.17) is 9.94 Å². The molecule has 0 spiro atoms. The molecule has 1 unspecified atom stereocenters. The number of hydrogen-bond donors (Lipinski definition) is 1. The predicted molar refractivity (Wildman–Crippen MR) is 61.7 cm³/mol. The average Bonchev–Trinajstić information content (AvgIpc) is 2.29. The van der Waals surface area contributed by atoms with Crippen LogP contribution in [0, 0.1) is 5.92 Å². The summed E-state index contributed by atoms with van der Waals surface area (Å²) < 4.78 is 5.11. The van der Waals surface area contributed by atoms with Crippen LogP contribution in [-0.2, 0) is 9.53 Å². The van der Waals surface area contributed by atoms with Crippen molar-refractivity contribution in [1.82, 2.24) is 0 Å². The van der Waals surface area contributed by atoms with Gasteiger partial charge in [0.15, 0.2) is 0 Å². The van der Waals surface area contributed by atoms with Crippen LogP contribution in [0.25, 0.3) is 0 Å². The molecular weight excluding hydrogens is 206 g/mol. The Labute approximate surface area is 96.7 Å². The maximum atomic E-state index is 11.5. The number of rotatable bonds is 5. The highest BCUT2D eigenvalue weighted by atomic mass is 16.5. The third-order valence-corrected chi connectivity index (χ3v) is 2.96. The Kier molecular flexibility index (Phi) is 5.90. The standard InChI is InChI=1S/C12H21NO3/c1-2-3-7-16-12(14)9-10-5-4-6-11(8-10)13-15/h10,15H,2-9H2,1H3. The molecule has 1 saturated carbocycles. The number of carbonyl (C=O) groups is 1. The van der Waals surface area contributed by atoms with E-state index in [0.717, 1.165) is 44.2 Å². The molecule has 92 valence electrons. The Hall–Kier alpha value is -1.06. The summed E-state index contributed by atoms with van der Waals surface area (Å²) in [6, 6.07) is 0. The number of hydrogen-bond acceptors (Lipinski definition) is 4. The van der Waals surface area contributed by atoms with Crippen LogP contribution in [0.1, 0.15) is 51.9 Å². The minimum absolute atomic E-state index is 0.113. The van der Waals surface area contributed by atoms with Crippen molar-refractivity contribution < 1.29 is 14.7 Å². The highest BCUT2D eigenvalue weighted by Crippen LogP contribution is 2.25. The van der Waals surface area contributed by atoms with Gasteiger partial charge in [-0.3, -0.25) is 4.79 Å². The number of oxime groups is 1. The zero-order valence-electron chi connectivity index (χ0n) is 9.95. The van der Waals surface area contributed by atoms with Gasteiger partial charge in [-0.15, -0.1) is 0 Å². The summed E-state index contributed by atoms with van der Waals surface area (Å²) in [7, 11) is 0. The summed E-state index contributed by atoms with van der Waals surface area (Å²) >= 11 is 0. The first-order valence-electron chi connectivity index (χ1n) is 6.11. The first-order chi connectivity index (χ1) is 7.76. The van der Waals surface area contributed by atoms with Gasteiger partial charge in [0.05, 0.1) is 12.3 Å². The van der Waals surface area contributed by atoms with Crippen LogP contribution in [0.2, 0.25) is 0 Å². The molecule has 0 bridgehead atoms. The lowest BCUT2D eigenvalue weighted by Crippen LogP contribution is -2.19. The number of esters is 1. The molecular formula is C12H21NO3. The van der Waals surface area contributed by atoms with Crippen molar-refractivity contribution in [3.8, 4) is 0 Å². The molecule has 1 fully saturated rings. The van der Waals surface area contributed by atoms with E-state index in [-0.39, 0.29) is 5.97 Å². The van der Waals surface area contributed by atoms with Crippen LogP contribution in [0.5, 0.6) is 0 Å². The normalized spacial score (nSPS) is 23.3. The topological polar surface area (TPSA) is 58.9 Å². The van der Waals surface area contributed by atoms with Crippen LogP contribution < -0.4 is 0 Å². The SMILES string of the molecule is CCCCOC(=O)CC1CCCC(=NO)C1. The van der Waals surface area contributed by atoms with Crippen molar-refractivity contribution in [3.05, 3.63) is 0 Å².